The number of hydrogen-bond acceptors (Lipinski definition) is 3. The van der Waals surface area contributed by atoms with Crippen molar-refractivity contribution in [1.82, 2.24) is 9.80 Å². The summed E-state index contributed by atoms with van der Waals surface area (Å²) in [6.07, 6.45) is 2.81. The molecule has 2 aliphatic heterocycles. The van der Waals surface area contributed by atoms with Crippen LogP contribution in [0.1, 0.15) is 47.0 Å². The van der Waals surface area contributed by atoms with E-state index in [0.717, 1.165) is 19.3 Å². The monoisotopic (exact) mass is 268 g/mol. The molecular formula is C14H24N2O3. The van der Waals surface area contributed by atoms with E-state index >= 15 is 0 Å². The number of piperazine rings is 1. The van der Waals surface area contributed by atoms with E-state index in [1.807, 2.05) is 30.6 Å². The lowest BCUT2D eigenvalue weighted by Gasteiger charge is -2.49. The van der Waals surface area contributed by atoms with Crippen molar-refractivity contribution in [3.05, 3.63) is 0 Å². The third-order valence-electron chi connectivity index (χ3n) is 3.77. The lowest BCUT2D eigenvalue weighted by Crippen LogP contribution is -2.63. The Morgan fingerprint density at radius 3 is 2.05 bits per heavy atom. The predicted molar refractivity (Wildman–Crippen MR) is 71.8 cm³/mol. The van der Waals surface area contributed by atoms with Crippen LogP contribution in [0.2, 0.25) is 0 Å². The summed E-state index contributed by atoms with van der Waals surface area (Å²) >= 11 is 0. The van der Waals surface area contributed by atoms with Gasteiger partial charge < -0.3 is 9.64 Å². The molecule has 0 aromatic heterocycles. The van der Waals surface area contributed by atoms with Gasteiger partial charge in [0.15, 0.2) is 0 Å². The van der Waals surface area contributed by atoms with E-state index in [1.54, 1.807) is 6.92 Å². The van der Waals surface area contributed by atoms with Crippen LogP contribution >= 0.6 is 0 Å². The molecule has 0 aromatic rings. The Morgan fingerprint density at radius 2 is 1.63 bits per heavy atom. The molecular weight excluding hydrogens is 244 g/mol. The second kappa shape index (κ2) is 5.02. The molecule has 2 amide bonds. The smallest absolute Gasteiger partial charge is 0.410 e. The van der Waals surface area contributed by atoms with E-state index in [0.29, 0.717) is 13.1 Å². The Balaban J connectivity index is 2.10. The number of amides is 2. The van der Waals surface area contributed by atoms with Gasteiger partial charge in [-0.2, -0.15) is 0 Å². The summed E-state index contributed by atoms with van der Waals surface area (Å²) in [6, 6.07) is 0.234. The SMILES string of the molecule is CC(=O)N1C[C@H]2CCC[C@@H](C1)N2C(=O)OC(C)(C)C. The number of carbonyl (C=O) groups excluding carboxylic acids is 2. The van der Waals surface area contributed by atoms with E-state index in [1.165, 1.54) is 0 Å². The van der Waals surface area contributed by atoms with Gasteiger partial charge in [-0.3, -0.25) is 9.69 Å². The third kappa shape index (κ3) is 3.19. The van der Waals surface area contributed by atoms with E-state index in [2.05, 4.69) is 0 Å². The Labute approximate surface area is 114 Å². The van der Waals surface area contributed by atoms with Crippen molar-refractivity contribution in [3.63, 3.8) is 0 Å². The maximum absolute atomic E-state index is 12.3. The molecule has 2 atom stereocenters. The number of ether oxygens (including phenoxy) is 1. The Bertz CT molecular complexity index is 361. The first-order chi connectivity index (χ1) is 8.78. The first-order valence-corrected chi connectivity index (χ1v) is 7.05. The van der Waals surface area contributed by atoms with Crippen LogP contribution in [0.5, 0.6) is 0 Å². The Kier molecular flexibility index (Phi) is 3.74. The molecule has 0 radical (unpaired) electrons. The minimum atomic E-state index is -0.469. The summed E-state index contributed by atoms with van der Waals surface area (Å²) in [5.41, 5.74) is -0.469. The normalized spacial score (nSPS) is 27.2. The number of likely N-dealkylation sites (tertiary alicyclic amines) is 1. The zero-order valence-corrected chi connectivity index (χ0v) is 12.3. The molecule has 5 heteroatoms. The first kappa shape index (κ1) is 14.2. The summed E-state index contributed by atoms with van der Waals surface area (Å²) in [6.45, 7) is 8.53. The number of nitrogens with zero attached hydrogens (tertiary/aromatic N) is 2. The first-order valence-electron chi connectivity index (χ1n) is 7.05. The van der Waals surface area contributed by atoms with Crippen LogP contribution < -0.4 is 0 Å². The average Bonchev–Trinajstić information content (AvgIpc) is 2.24. The summed E-state index contributed by atoms with van der Waals surface area (Å²) in [4.78, 5) is 27.6. The standard InChI is InChI=1S/C14H24N2O3/c1-10(17)15-8-11-6-5-7-12(9-15)16(11)13(18)19-14(2,3)4/h11-12H,5-9H2,1-4H3/t11-,12+. The molecule has 2 bridgehead atoms. The summed E-state index contributed by atoms with van der Waals surface area (Å²) in [7, 11) is 0. The van der Waals surface area contributed by atoms with Crippen molar-refractivity contribution in [1.29, 1.82) is 0 Å². The van der Waals surface area contributed by atoms with Gasteiger partial charge >= 0.3 is 6.09 Å². The summed E-state index contributed by atoms with van der Waals surface area (Å²) in [5.74, 6) is 0.0979. The number of hydrogen-bond donors (Lipinski definition) is 0. The van der Waals surface area contributed by atoms with Gasteiger partial charge in [-0.05, 0) is 40.0 Å². The topological polar surface area (TPSA) is 49.9 Å². The van der Waals surface area contributed by atoms with Gasteiger partial charge in [-0.25, -0.2) is 4.79 Å². The van der Waals surface area contributed by atoms with Crippen LogP contribution in [0.3, 0.4) is 0 Å². The highest BCUT2D eigenvalue weighted by Crippen LogP contribution is 2.30. The predicted octanol–water partition coefficient (Wildman–Crippen LogP) is 2.01. The van der Waals surface area contributed by atoms with E-state index < -0.39 is 5.60 Å². The van der Waals surface area contributed by atoms with Crippen molar-refractivity contribution in [2.24, 2.45) is 0 Å². The lowest BCUT2D eigenvalue weighted by molar-refractivity contribution is -0.134. The van der Waals surface area contributed by atoms with E-state index in [-0.39, 0.29) is 24.1 Å². The minimum absolute atomic E-state index is 0.0979. The fourth-order valence-corrected chi connectivity index (χ4v) is 2.98. The Hall–Kier alpha value is -1.26. The van der Waals surface area contributed by atoms with Crippen LogP contribution in [0.15, 0.2) is 0 Å². The molecule has 5 nitrogen and oxygen atoms in total. The summed E-state index contributed by atoms with van der Waals surface area (Å²) in [5, 5.41) is 0. The molecule has 2 aliphatic rings. The van der Waals surface area contributed by atoms with Gasteiger partial charge in [-0.15, -0.1) is 0 Å². The number of rotatable bonds is 0. The van der Waals surface area contributed by atoms with Gasteiger partial charge in [0.05, 0.1) is 12.1 Å². The van der Waals surface area contributed by atoms with Crippen molar-refractivity contribution in [2.45, 2.75) is 64.6 Å². The highest BCUT2D eigenvalue weighted by Gasteiger charge is 2.42. The highest BCUT2D eigenvalue weighted by molar-refractivity contribution is 5.74. The molecule has 0 aromatic carbocycles. The van der Waals surface area contributed by atoms with Gasteiger partial charge in [-0.1, -0.05) is 0 Å². The quantitative estimate of drug-likeness (QED) is 0.675. The van der Waals surface area contributed by atoms with Crippen LogP contribution in [-0.4, -0.2) is 52.6 Å². The largest absolute Gasteiger partial charge is 0.444 e. The van der Waals surface area contributed by atoms with Crippen LogP contribution in [0.25, 0.3) is 0 Å². The summed E-state index contributed by atoms with van der Waals surface area (Å²) < 4.78 is 5.49. The molecule has 0 aliphatic carbocycles. The molecule has 0 spiro atoms. The molecule has 2 fully saturated rings. The molecule has 2 heterocycles. The van der Waals surface area contributed by atoms with Crippen LogP contribution in [0, 0.1) is 0 Å². The minimum Gasteiger partial charge on any atom is -0.444 e. The molecule has 0 saturated carbocycles. The van der Waals surface area contributed by atoms with Gasteiger partial charge in [0.25, 0.3) is 0 Å². The highest BCUT2D eigenvalue weighted by atomic mass is 16.6. The van der Waals surface area contributed by atoms with Crippen LogP contribution in [0.4, 0.5) is 4.79 Å². The molecule has 108 valence electrons. The van der Waals surface area contributed by atoms with Crippen LogP contribution in [-0.2, 0) is 9.53 Å². The number of carbonyl (C=O) groups is 2. The number of piperidine rings is 1. The van der Waals surface area contributed by atoms with Crippen molar-refractivity contribution < 1.29 is 14.3 Å². The third-order valence-corrected chi connectivity index (χ3v) is 3.77. The number of fused-ring (bicyclic) bond motifs is 2. The molecule has 19 heavy (non-hydrogen) atoms. The zero-order chi connectivity index (χ0) is 14.2. The molecule has 2 rings (SSSR count). The van der Waals surface area contributed by atoms with Crippen molar-refractivity contribution in [3.8, 4) is 0 Å². The maximum Gasteiger partial charge on any atom is 0.410 e. The van der Waals surface area contributed by atoms with Gasteiger partial charge in [0.1, 0.15) is 5.60 Å². The zero-order valence-electron chi connectivity index (χ0n) is 12.3. The van der Waals surface area contributed by atoms with E-state index in [9.17, 15) is 9.59 Å². The fraction of sp³-hybridized carbons (Fsp3) is 0.857. The molecule has 2 saturated heterocycles. The van der Waals surface area contributed by atoms with E-state index in [4.69, 9.17) is 4.74 Å². The van der Waals surface area contributed by atoms with Gasteiger partial charge in [0.2, 0.25) is 5.91 Å². The van der Waals surface area contributed by atoms with Crippen molar-refractivity contribution >= 4 is 12.0 Å². The lowest BCUT2D eigenvalue weighted by atomic mass is 9.91. The second-order valence-electron chi connectivity index (χ2n) is 6.55. The second-order valence-corrected chi connectivity index (χ2v) is 6.55. The fourth-order valence-electron chi connectivity index (χ4n) is 2.98. The average molecular weight is 268 g/mol. The Morgan fingerprint density at radius 1 is 1.11 bits per heavy atom. The van der Waals surface area contributed by atoms with Gasteiger partial charge in [0, 0.05) is 20.0 Å². The maximum atomic E-state index is 12.3. The van der Waals surface area contributed by atoms with Crippen molar-refractivity contribution in [2.75, 3.05) is 13.1 Å². The molecule has 0 unspecified atom stereocenters. The molecule has 0 N–H and O–H groups in total.